The SMILES string of the molecule is CCC(N)Cc1c(C)nn(CCc2nccn2C)c1C. The Morgan fingerprint density at radius 1 is 1.35 bits per heavy atom. The Labute approximate surface area is 120 Å². The van der Waals surface area contributed by atoms with Crippen molar-refractivity contribution in [1.82, 2.24) is 19.3 Å². The van der Waals surface area contributed by atoms with E-state index in [4.69, 9.17) is 5.73 Å². The van der Waals surface area contributed by atoms with Crippen LogP contribution in [0.4, 0.5) is 0 Å². The summed E-state index contributed by atoms with van der Waals surface area (Å²) in [6.45, 7) is 7.19. The van der Waals surface area contributed by atoms with E-state index in [0.717, 1.165) is 37.3 Å². The summed E-state index contributed by atoms with van der Waals surface area (Å²) in [7, 11) is 2.02. The molecule has 0 aromatic carbocycles. The summed E-state index contributed by atoms with van der Waals surface area (Å²) in [6.07, 6.45) is 6.61. The van der Waals surface area contributed by atoms with Crippen LogP contribution >= 0.6 is 0 Å². The van der Waals surface area contributed by atoms with Crippen LogP contribution in [0.3, 0.4) is 0 Å². The van der Waals surface area contributed by atoms with Gasteiger partial charge in [-0.3, -0.25) is 4.68 Å². The van der Waals surface area contributed by atoms with Crippen LogP contribution in [-0.4, -0.2) is 25.4 Å². The molecule has 0 aliphatic heterocycles. The number of nitrogens with zero attached hydrogens (tertiary/aromatic N) is 4. The molecule has 110 valence electrons. The zero-order valence-corrected chi connectivity index (χ0v) is 12.9. The van der Waals surface area contributed by atoms with Crippen LogP contribution in [0.1, 0.15) is 36.1 Å². The van der Waals surface area contributed by atoms with Gasteiger partial charge in [0, 0.05) is 44.1 Å². The van der Waals surface area contributed by atoms with E-state index < -0.39 is 0 Å². The molecule has 2 N–H and O–H groups in total. The Kier molecular flexibility index (Phi) is 4.60. The van der Waals surface area contributed by atoms with Gasteiger partial charge in [-0.2, -0.15) is 5.10 Å². The second-order valence-corrected chi connectivity index (χ2v) is 5.45. The average Bonchev–Trinajstić information content (AvgIpc) is 2.94. The van der Waals surface area contributed by atoms with Gasteiger partial charge >= 0.3 is 0 Å². The third-order valence-corrected chi connectivity index (χ3v) is 3.99. The van der Waals surface area contributed by atoms with Gasteiger partial charge in [0.15, 0.2) is 0 Å². The van der Waals surface area contributed by atoms with E-state index >= 15 is 0 Å². The van der Waals surface area contributed by atoms with E-state index in [2.05, 4.69) is 40.1 Å². The van der Waals surface area contributed by atoms with Crippen molar-refractivity contribution in [3.63, 3.8) is 0 Å². The normalized spacial score (nSPS) is 12.8. The summed E-state index contributed by atoms with van der Waals surface area (Å²) < 4.78 is 4.14. The van der Waals surface area contributed by atoms with E-state index in [1.165, 1.54) is 11.3 Å². The van der Waals surface area contributed by atoms with Crippen molar-refractivity contribution in [3.8, 4) is 0 Å². The Morgan fingerprint density at radius 2 is 2.10 bits per heavy atom. The van der Waals surface area contributed by atoms with Crippen LogP contribution in [0.25, 0.3) is 0 Å². The second-order valence-electron chi connectivity index (χ2n) is 5.45. The molecular formula is C15H25N5. The molecule has 1 unspecified atom stereocenters. The fourth-order valence-corrected chi connectivity index (χ4v) is 2.50. The minimum Gasteiger partial charge on any atom is -0.338 e. The van der Waals surface area contributed by atoms with Crippen molar-refractivity contribution in [2.75, 3.05) is 0 Å². The van der Waals surface area contributed by atoms with Gasteiger partial charge in [-0.15, -0.1) is 0 Å². The van der Waals surface area contributed by atoms with Crippen molar-refractivity contribution < 1.29 is 0 Å². The lowest BCUT2D eigenvalue weighted by Crippen LogP contribution is -2.22. The lowest BCUT2D eigenvalue weighted by atomic mass is 10.0. The van der Waals surface area contributed by atoms with Gasteiger partial charge in [-0.05, 0) is 32.3 Å². The fourth-order valence-electron chi connectivity index (χ4n) is 2.50. The molecule has 0 aliphatic carbocycles. The number of rotatable bonds is 6. The first-order valence-corrected chi connectivity index (χ1v) is 7.27. The van der Waals surface area contributed by atoms with E-state index in [9.17, 15) is 0 Å². The topological polar surface area (TPSA) is 61.7 Å². The zero-order chi connectivity index (χ0) is 14.7. The molecular weight excluding hydrogens is 250 g/mol. The smallest absolute Gasteiger partial charge is 0.110 e. The molecule has 0 fully saturated rings. The van der Waals surface area contributed by atoms with Crippen LogP contribution in [0.5, 0.6) is 0 Å². The van der Waals surface area contributed by atoms with Crippen molar-refractivity contribution in [2.24, 2.45) is 12.8 Å². The maximum atomic E-state index is 6.07. The standard InChI is InChI=1S/C15H25N5/c1-5-13(16)10-14-11(2)18-20(12(14)3)8-6-15-17-7-9-19(15)4/h7,9,13H,5-6,8,10,16H2,1-4H3. The van der Waals surface area contributed by atoms with E-state index in [1.807, 2.05) is 19.4 Å². The molecule has 0 aliphatic rings. The lowest BCUT2D eigenvalue weighted by molar-refractivity contribution is 0.571. The first-order chi connectivity index (χ1) is 9.52. The van der Waals surface area contributed by atoms with Gasteiger partial charge in [-0.1, -0.05) is 6.92 Å². The van der Waals surface area contributed by atoms with E-state index in [0.29, 0.717) is 0 Å². The highest BCUT2D eigenvalue weighted by Gasteiger charge is 2.14. The Bertz CT molecular complexity index is 567. The molecule has 0 spiro atoms. The van der Waals surface area contributed by atoms with Crippen molar-refractivity contribution in [2.45, 2.75) is 52.6 Å². The van der Waals surface area contributed by atoms with Crippen LogP contribution < -0.4 is 5.73 Å². The number of aryl methyl sites for hydroxylation is 4. The zero-order valence-electron chi connectivity index (χ0n) is 12.9. The predicted octanol–water partition coefficient (Wildman–Crippen LogP) is 1.76. The maximum Gasteiger partial charge on any atom is 0.110 e. The van der Waals surface area contributed by atoms with Gasteiger partial charge in [-0.25, -0.2) is 4.98 Å². The molecule has 0 bridgehead atoms. The van der Waals surface area contributed by atoms with Gasteiger partial charge in [0.1, 0.15) is 5.82 Å². The van der Waals surface area contributed by atoms with Crippen molar-refractivity contribution >= 4 is 0 Å². The molecule has 2 rings (SSSR count). The van der Waals surface area contributed by atoms with Crippen LogP contribution in [0.2, 0.25) is 0 Å². The van der Waals surface area contributed by atoms with Crippen LogP contribution in [0, 0.1) is 13.8 Å². The second kappa shape index (κ2) is 6.22. The Morgan fingerprint density at radius 3 is 2.70 bits per heavy atom. The molecule has 2 aromatic heterocycles. The van der Waals surface area contributed by atoms with Crippen LogP contribution in [-0.2, 0) is 26.4 Å². The molecule has 20 heavy (non-hydrogen) atoms. The van der Waals surface area contributed by atoms with E-state index in [-0.39, 0.29) is 6.04 Å². The molecule has 0 radical (unpaired) electrons. The highest BCUT2D eigenvalue weighted by molar-refractivity contribution is 5.25. The maximum absolute atomic E-state index is 6.07. The first kappa shape index (κ1) is 14.8. The monoisotopic (exact) mass is 275 g/mol. The molecule has 2 heterocycles. The number of hydrogen-bond donors (Lipinski definition) is 1. The van der Waals surface area contributed by atoms with Gasteiger partial charge in [0.25, 0.3) is 0 Å². The number of imidazole rings is 1. The molecule has 0 amide bonds. The fraction of sp³-hybridized carbons (Fsp3) is 0.600. The summed E-state index contributed by atoms with van der Waals surface area (Å²) in [4.78, 5) is 4.35. The predicted molar refractivity (Wildman–Crippen MR) is 80.6 cm³/mol. The highest BCUT2D eigenvalue weighted by atomic mass is 15.3. The molecule has 0 saturated carbocycles. The van der Waals surface area contributed by atoms with Crippen LogP contribution in [0.15, 0.2) is 12.4 Å². The van der Waals surface area contributed by atoms with Gasteiger partial charge < -0.3 is 10.3 Å². The summed E-state index contributed by atoms with van der Waals surface area (Å²) >= 11 is 0. The number of aromatic nitrogens is 4. The average molecular weight is 275 g/mol. The Balaban J connectivity index is 2.09. The number of nitrogens with two attached hydrogens (primary N) is 1. The minimum atomic E-state index is 0.222. The third-order valence-electron chi connectivity index (χ3n) is 3.99. The summed E-state index contributed by atoms with van der Waals surface area (Å²) in [5.74, 6) is 1.09. The first-order valence-electron chi connectivity index (χ1n) is 7.27. The largest absolute Gasteiger partial charge is 0.338 e. The Hall–Kier alpha value is -1.62. The van der Waals surface area contributed by atoms with Gasteiger partial charge in [0.2, 0.25) is 0 Å². The molecule has 0 saturated heterocycles. The van der Waals surface area contributed by atoms with Crippen molar-refractivity contribution in [1.29, 1.82) is 0 Å². The highest BCUT2D eigenvalue weighted by Crippen LogP contribution is 2.16. The third kappa shape index (κ3) is 3.10. The quantitative estimate of drug-likeness (QED) is 0.873. The molecule has 5 heteroatoms. The number of hydrogen-bond acceptors (Lipinski definition) is 3. The summed E-state index contributed by atoms with van der Waals surface area (Å²) in [5.41, 5.74) is 9.72. The molecule has 1 atom stereocenters. The molecule has 2 aromatic rings. The summed E-state index contributed by atoms with van der Waals surface area (Å²) in [5, 5.41) is 4.65. The lowest BCUT2D eigenvalue weighted by Gasteiger charge is -2.09. The van der Waals surface area contributed by atoms with Gasteiger partial charge in [0.05, 0.1) is 5.69 Å². The minimum absolute atomic E-state index is 0.222. The molecule has 5 nitrogen and oxygen atoms in total. The van der Waals surface area contributed by atoms with E-state index in [1.54, 1.807) is 0 Å². The van der Waals surface area contributed by atoms with Crippen molar-refractivity contribution in [3.05, 3.63) is 35.2 Å². The summed E-state index contributed by atoms with van der Waals surface area (Å²) in [6, 6.07) is 0.222.